The van der Waals surface area contributed by atoms with Crippen LogP contribution in [0.15, 0.2) is 36.4 Å². The van der Waals surface area contributed by atoms with Crippen molar-refractivity contribution in [2.45, 2.75) is 59.2 Å². The van der Waals surface area contributed by atoms with E-state index in [-0.39, 0.29) is 11.5 Å². The highest BCUT2D eigenvalue weighted by molar-refractivity contribution is 7.80. The van der Waals surface area contributed by atoms with Crippen LogP contribution in [0.2, 0.25) is 0 Å². The topological polar surface area (TPSA) is 132 Å². The van der Waals surface area contributed by atoms with Crippen LogP contribution >= 0.6 is 12.6 Å². The number of rotatable bonds is 8. The van der Waals surface area contributed by atoms with Gasteiger partial charge in [0.1, 0.15) is 30.0 Å². The second-order valence-electron chi connectivity index (χ2n) is 9.71. The molecule has 0 aliphatic carbocycles. The van der Waals surface area contributed by atoms with Crippen molar-refractivity contribution >= 4 is 36.2 Å². The summed E-state index contributed by atoms with van der Waals surface area (Å²) >= 11 is 4.21. The quantitative estimate of drug-likeness (QED) is 0.302. The molecule has 2 aromatic carbocycles. The standard InChI is InChI=1S/C27H34N4O5S/c1-16-8-7-9-17(2)22(16)30-24(33)23(19-10-11-21(32)18(3)14-19)31(13-12-28)25(34)20(15-37)29-26(35)36-27(4,5)6/h7-11,14,20,23,32,37H,13,15H2,1-6H3,(H,29,35)(H,30,33). The van der Waals surface area contributed by atoms with E-state index in [9.17, 15) is 24.8 Å². The zero-order valence-corrected chi connectivity index (χ0v) is 22.8. The minimum absolute atomic E-state index is 0.0237. The second kappa shape index (κ2) is 12.5. The number of alkyl carbamates (subject to hydrolysis) is 1. The predicted molar refractivity (Wildman–Crippen MR) is 144 cm³/mol. The normalized spacial score (nSPS) is 12.6. The lowest BCUT2D eigenvalue weighted by Gasteiger charge is -2.33. The number of carbonyl (C=O) groups is 3. The summed E-state index contributed by atoms with van der Waals surface area (Å²) in [5.74, 6) is -1.31. The number of para-hydroxylation sites is 1. The van der Waals surface area contributed by atoms with Crippen LogP contribution in [0.25, 0.3) is 0 Å². The van der Waals surface area contributed by atoms with Gasteiger partial charge in [-0.2, -0.15) is 17.9 Å². The Morgan fingerprint density at radius 2 is 1.73 bits per heavy atom. The Hall–Kier alpha value is -3.71. The number of nitrogens with one attached hydrogen (secondary N) is 2. The number of nitrogens with zero attached hydrogens (tertiary/aromatic N) is 2. The molecule has 0 radical (unpaired) electrons. The zero-order chi connectivity index (χ0) is 27.9. The summed E-state index contributed by atoms with van der Waals surface area (Å²) in [6, 6.07) is 9.63. The van der Waals surface area contributed by atoms with Crippen molar-refractivity contribution < 1.29 is 24.2 Å². The summed E-state index contributed by atoms with van der Waals surface area (Å²) in [7, 11) is 0. The molecule has 198 valence electrons. The third kappa shape index (κ3) is 7.89. The van der Waals surface area contributed by atoms with Gasteiger partial charge in [-0.1, -0.05) is 24.3 Å². The number of benzene rings is 2. The van der Waals surface area contributed by atoms with Gasteiger partial charge in [-0.25, -0.2) is 4.79 Å². The average Bonchev–Trinajstić information content (AvgIpc) is 2.80. The van der Waals surface area contributed by atoms with Gasteiger partial charge in [0.25, 0.3) is 5.91 Å². The van der Waals surface area contributed by atoms with E-state index in [0.29, 0.717) is 16.8 Å². The summed E-state index contributed by atoms with van der Waals surface area (Å²) in [4.78, 5) is 40.9. The number of hydrogen-bond acceptors (Lipinski definition) is 7. The molecular weight excluding hydrogens is 492 g/mol. The third-order valence-electron chi connectivity index (χ3n) is 5.52. The summed E-state index contributed by atoms with van der Waals surface area (Å²) in [5.41, 5.74) is 2.33. The molecule has 0 aliphatic rings. The van der Waals surface area contributed by atoms with Crippen molar-refractivity contribution in [1.29, 1.82) is 5.26 Å². The van der Waals surface area contributed by atoms with E-state index in [1.165, 1.54) is 12.1 Å². The molecule has 37 heavy (non-hydrogen) atoms. The Balaban J connectivity index is 2.53. The molecule has 9 nitrogen and oxygen atoms in total. The number of aryl methyl sites for hydroxylation is 3. The molecule has 0 aliphatic heterocycles. The van der Waals surface area contributed by atoms with Gasteiger partial charge in [-0.05, 0) is 75.9 Å². The molecule has 0 bridgehead atoms. The van der Waals surface area contributed by atoms with E-state index >= 15 is 0 Å². The maximum atomic E-state index is 13.7. The molecule has 0 spiro atoms. The molecule has 2 rings (SSSR count). The van der Waals surface area contributed by atoms with Crippen LogP contribution in [0.3, 0.4) is 0 Å². The molecule has 0 saturated heterocycles. The number of aromatic hydroxyl groups is 1. The Bertz CT molecular complexity index is 1180. The first-order chi connectivity index (χ1) is 17.3. The van der Waals surface area contributed by atoms with E-state index in [4.69, 9.17) is 4.74 Å². The van der Waals surface area contributed by atoms with Crippen molar-refractivity contribution in [2.24, 2.45) is 0 Å². The van der Waals surface area contributed by atoms with E-state index in [0.717, 1.165) is 16.0 Å². The number of anilines is 1. The van der Waals surface area contributed by atoms with E-state index in [1.54, 1.807) is 33.8 Å². The fourth-order valence-electron chi connectivity index (χ4n) is 3.73. The second-order valence-corrected chi connectivity index (χ2v) is 10.1. The number of carbonyl (C=O) groups excluding carboxylic acids is 3. The van der Waals surface area contributed by atoms with Crippen molar-refractivity contribution in [3.05, 3.63) is 58.7 Å². The number of phenolic OH excluding ortho intramolecular Hbond substituents is 1. The van der Waals surface area contributed by atoms with Crippen molar-refractivity contribution in [2.75, 3.05) is 17.6 Å². The lowest BCUT2D eigenvalue weighted by atomic mass is 9.99. The van der Waals surface area contributed by atoms with Crippen LogP contribution in [0.4, 0.5) is 10.5 Å². The maximum Gasteiger partial charge on any atom is 0.408 e. The maximum absolute atomic E-state index is 13.7. The number of hydrogen-bond donors (Lipinski definition) is 4. The van der Waals surface area contributed by atoms with E-state index in [2.05, 4.69) is 23.3 Å². The molecule has 3 amide bonds. The van der Waals surface area contributed by atoms with Gasteiger partial charge in [0.05, 0.1) is 6.07 Å². The lowest BCUT2D eigenvalue weighted by Crippen LogP contribution is -2.53. The Morgan fingerprint density at radius 1 is 1.11 bits per heavy atom. The third-order valence-corrected chi connectivity index (χ3v) is 5.89. The molecule has 10 heteroatoms. The summed E-state index contributed by atoms with van der Waals surface area (Å²) in [6.45, 7) is 9.98. The number of ether oxygens (including phenoxy) is 1. The summed E-state index contributed by atoms with van der Waals surface area (Å²) in [6.07, 6.45) is -0.825. The van der Waals surface area contributed by atoms with Gasteiger partial charge in [-0.15, -0.1) is 0 Å². The molecule has 3 N–H and O–H groups in total. The minimum atomic E-state index is -1.24. The van der Waals surface area contributed by atoms with Gasteiger partial charge in [0.2, 0.25) is 5.91 Å². The number of thiol groups is 1. The Morgan fingerprint density at radius 3 is 2.24 bits per heavy atom. The van der Waals surface area contributed by atoms with Crippen molar-refractivity contribution in [1.82, 2.24) is 10.2 Å². The highest BCUT2D eigenvalue weighted by atomic mass is 32.1. The molecule has 0 aromatic heterocycles. The van der Waals surface area contributed by atoms with Crippen LogP contribution in [0, 0.1) is 32.1 Å². The average molecular weight is 527 g/mol. The molecular formula is C27H34N4O5S. The van der Waals surface area contributed by atoms with E-state index < -0.39 is 42.1 Å². The van der Waals surface area contributed by atoms with Crippen molar-refractivity contribution in [3.8, 4) is 11.8 Å². The summed E-state index contributed by atoms with van der Waals surface area (Å²) < 4.78 is 5.26. The van der Waals surface area contributed by atoms with Crippen LogP contribution < -0.4 is 10.6 Å². The van der Waals surface area contributed by atoms with Crippen LogP contribution in [0.1, 0.15) is 49.1 Å². The van der Waals surface area contributed by atoms with E-state index in [1.807, 2.05) is 38.1 Å². The number of nitriles is 1. The fraction of sp³-hybridized carbons (Fsp3) is 0.407. The molecule has 2 unspecified atom stereocenters. The van der Waals surface area contributed by atoms with Crippen LogP contribution in [-0.4, -0.2) is 51.9 Å². The molecule has 0 saturated carbocycles. The highest BCUT2D eigenvalue weighted by Gasteiger charge is 2.36. The van der Waals surface area contributed by atoms with Gasteiger partial charge < -0.3 is 25.4 Å². The lowest BCUT2D eigenvalue weighted by molar-refractivity contribution is -0.139. The first-order valence-corrected chi connectivity index (χ1v) is 12.4. The summed E-state index contributed by atoms with van der Waals surface area (Å²) in [5, 5.41) is 25.0. The Labute approximate surface area is 223 Å². The van der Waals surface area contributed by atoms with Crippen LogP contribution in [-0.2, 0) is 14.3 Å². The molecule has 2 atom stereocenters. The first-order valence-electron chi connectivity index (χ1n) is 11.7. The number of phenols is 1. The molecule has 0 heterocycles. The monoisotopic (exact) mass is 526 g/mol. The predicted octanol–water partition coefficient (Wildman–Crippen LogP) is 4.17. The highest BCUT2D eigenvalue weighted by Crippen LogP contribution is 2.29. The largest absolute Gasteiger partial charge is 0.508 e. The molecule has 2 aromatic rings. The van der Waals surface area contributed by atoms with Gasteiger partial charge in [0.15, 0.2) is 0 Å². The Kier molecular flexibility index (Phi) is 9.97. The number of amides is 3. The molecule has 0 fully saturated rings. The smallest absolute Gasteiger partial charge is 0.408 e. The van der Waals surface area contributed by atoms with Crippen molar-refractivity contribution in [3.63, 3.8) is 0 Å². The van der Waals surface area contributed by atoms with Crippen LogP contribution in [0.5, 0.6) is 5.75 Å². The minimum Gasteiger partial charge on any atom is -0.508 e. The zero-order valence-electron chi connectivity index (χ0n) is 22.0. The van der Waals surface area contributed by atoms with Gasteiger partial charge >= 0.3 is 6.09 Å². The van der Waals surface area contributed by atoms with Gasteiger partial charge in [-0.3, -0.25) is 9.59 Å². The fourth-order valence-corrected chi connectivity index (χ4v) is 3.98. The first kappa shape index (κ1) is 29.5. The SMILES string of the molecule is Cc1cc(C(C(=O)Nc2c(C)cccc2C)N(CC#N)C(=O)C(CS)NC(=O)OC(C)(C)C)ccc1O. The van der Waals surface area contributed by atoms with Gasteiger partial charge in [0, 0.05) is 11.4 Å².